The van der Waals surface area contributed by atoms with Crippen LogP contribution in [0.3, 0.4) is 0 Å². The first-order chi connectivity index (χ1) is 14.7. The first kappa shape index (κ1) is 18.8. The van der Waals surface area contributed by atoms with Crippen molar-refractivity contribution < 1.29 is 9.47 Å². The van der Waals surface area contributed by atoms with Crippen LogP contribution >= 0.6 is 11.6 Å². The lowest BCUT2D eigenvalue weighted by molar-refractivity contribution is 0.122. The summed E-state index contributed by atoms with van der Waals surface area (Å²) in [5.74, 6) is 1.61. The van der Waals surface area contributed by atoms with Gasteiger partial charge in [-0.15, -0.1) is 0 Å². The van der Waals surface area contributed by atoms with Gasteiger partial charge in [0.2, 0.25) is 0 Å². The number of morpholine rings is 1. The average molecular weight is 422 g/mol. The van der Waals surface area contributed by atoms with Crippen molar-refractivity contribution in [2.45, 2.75) is 0 Å². The lowest BCUT2D eigenvalue weighted by Gasteiger charge is -2.27. The van der Waals surface area contributed by atoms with Gasteiger partial charge in [0.15, 0.2) is 0 Å². The number of methoxy groups -OCH3 is 1. The maximum atomic E-state index is 6.39. The number of rotatable bonds is 4. The SMILES string of the molecule is COc1ccnc(Cl)c1-c1ccc2[nH]nc(-c3ccnc(N4CCOCC4)c3)c2c1. The quantitative estimate of drug-likeness (QED) is 0.498. The van der Waals surface area contributed by atoms with Crippen LogP contribution in [-0.4, -0.2) is 53.6 Å². The highest BCUT2D eigenvalue weighted by Gasteiger charge is 2.17. The Bertz CT molecular complexity index is 1200. The summed E-state index contributed by atoms with van der Waals surface area (Å²) in [4.78, 5) is 11.0. The van der Waals surface area contributed by atoms with Crippen LogP contribution in [0.5, 0.6) is 5.75 Å². The molecule has 0 amide bonds. The number of ether oxygens (including phenoxy) is 2. The fourth-order valence-electron chi connectivity index (χ4n) is 3.77. The number of hydrogen-bond donors (Lipinski definition) is 1. The van der Waals surface area contributed by atoms with Crippen LogP contribution in [0.15, 0.2) is 48.8 Å². The highest BCUT2D eigenvalue weighted by molar-refractivity contribution is 6.32. The predicted molar refractivity (Wildman–Crippen MR) is 117 cm³/mol. The Morgan fingerprint density at radius 2 is 1.87 bits per heavy atom. The fraction of sp³-hybridized carbons (Fsp3) is 0.227. The summed E-state index contributed by atoms with van der Waals surface area (Å²) in [7, 11) is 1.63. The molecule has 0 spiro atoms. The van der Waals surface area contributed by atoms with Gasteiger partial charge in [0.1, 0.15) is 22.4 Å². The van der Waals surface area contributed by atoms with Crippen molar-refractivity contribution in [3.63, 3.8) is 0 Å². The smallest absolute Gasteiger partial charge is 0.140 e. The van der Waals surface area contributed by atoms with Crippen molar-refractivity contribution in [2.24, 2.45) is 0 Å². The van der Waals surface area contributed by atoms with Gasteiger partial charge in [-0.25, -0.2) is 9.97 Å². The number of pyridine rings is 2. The second-order valence-electron chi connectivity index (χ2n) is 7.01. The van der Waals surface area contributed by atoms with E-state index in [1.54, 1.807) is 19.4 Å². The number of H-pyrrole nitrogens is 1. The van der Waals surface area contributed by atoms with Crippen molar-refractivity contribution in [1.29, 1.82) is 0 Å². The molecular formula is C22H20ClN5O2. The molecule has 1 aromatic carbocycles. The Labute approximate surface area is 178 Å². The molecule has 1 fully saturated rings. The number of nitrogens with one attached hydrogen (secondary N) is 1. The Hall–Kier alpha value is -3.16. The third-order valence-corrected chi connectivity index (χ3v) is 5.58. The molecule has 8 heteroatoms. The summed E-state index contributed by atoms with van der Waals surface area (Å²) in [5.41, 5.74) is 4.49. The minimum Gasteiger partial charge on any atom is -0.496 e. The van der Waals surface area contributed by atoms with Gasteiger partial charge in [0.25, 0.3) is 0 Å². The lowest BCUT2D eigenvalue weighted by atomic mass is 10.0. The standard InChI is InChI=1S/C22H20ClN5O2/c1-29-18-5-7-25-22(23)20(18)14-2-3-17-16(12-14)21(27-26-17)15-4-6-24-19(13-15)28-8-10-30-11-9-28/h2-7,12-13H,8-11H2,1H3,(H,26,27). The maximum Gasteiger partial charge on any atom is 0.140 e. The van der Waals surface area contributed by atoms with E-state index < -0.39 is 0 Å². The first-order valence-electron chi connectivity index (χ1n) is 9.70. The van der Waals surface area contributed by atoms with E-state index in [1.165, 1.54) is 0 Å². The molecular weight excluding hydrogens is 402 g/mol. The van der Waals surface area contributed by atoms with Crippen LogP contribution in [0.1, 0.15) is 0 Å². The minimum atomic E-state index is 0.400. The van der Waals surface area contributed by atoms with E-state index in [4.69, 9.17) is 21.1 Å². The van der Waals surface area contributed by atoms with E-state index in [9.17, 15) is 0 Å². The third-order valence-electron chi connectivity index (χ3n) is 5.29. The zero-order valence-electron chi connectivity index (χ0n) is 16.4. The van der Waals surface area contributed by atoms with Crippen LogP contribution in [0.2, 0.25) is 5.15 Å². The number of aromatic nitrogens is 4. The minimum absolute atomic E-state index is 0.400. The topological polar surface area (TPSA) is 76.2 Å². The van der Waals surface area contributed by atoms with Gasteiger partial charge in [-0.2, -0.15) is 5.10 Å². The molecule has 30 heavy (non-hydrogen) atoms. The molecule has 152 valence electrons. The lowest BCUT2D eigenvalue weighted by Crippen LogP contribution is -2.36. The second kappa shape index (κ2) is 7.93. The van der Waals surface area contributed by atoms with Gasteiger partial charge in [0.05, 0.1) is 31.4 Å². The number of hydrogen-bond acceptors (Lipinski definition) is 6. The van der Waals surface area contributed by atoms with Crippen LogP contribution in [0.25, 0.3) is 33.3 Å². The van der Waals surface area contributed by atoms with Crippen molar-refractivity contribution in [1.82, 2.24) is 20.2 Å². The summed E-state index contributed by atoms with van der Waals surface area (Å²) in [6.07, 6.45) is 3.46. The van der Waals surface area contributed by atoms with E-state index in [2.05, 4.69) is 37.2 Å². The summed E-state index contributed by atoms with van der Waals surface area (Å²) in [5, 5.41) is 9.09. The molecule has 1 aliphatic rings. The Balaban J connectivity index is 1.60. The van der Waals surface area contributed by atoms with Gasteiger partial charge in [0, 0.05) is 36.4 Å². The molecule has 0 radical (unpaired) electrons. The third kappa shape index (κ3) is 3.36. The van der Waals surface area contributed by atoms with E-state index in [0.29, 0.717) is 24.1 Å². The first-order valence-corrected chi connectivity index (χ1v) is 10.1. The molecule has 7 nitrogen and oxygen atoms in total. The van der Waals surface area contributed by atoms with E-state index in [0.717, 1.165) is 52.2 Å². The van der Waals surface area contributed by atoms with Crippen LogP contribution in [0, 0.1) is 0 Å². The molecule has 0 atom stereocenters. The average Bonchev–Trinajstić information content (AvgIpc) is 3.23. The number of fused-ring (bicyclic) bond motifs is 1. The van der Waals surface area contributed by atoms with Crippen molar-refractivity contribution in [3.05, 3.63) is 53.9 Å². The van der Waals surface area contributed by atoms with E-state index >= 15 is 0 Å². The maximum absolute atomic E-state index is 6.39. The summed E-state index contributed by atoms with van der Waals surface area (Å²) < 4.78 is 11.0. The van der Waals surface area contributed by atoms with E-state index in [1.807, 2.05) is 24.4 Å². The molecule has 4 aromatic rings. The molecule has 5 rings (SSSR count). The zero-order chi connectivity index (χ0) is 20.5. The zero-order valence-corrected chi connectivity index (χ0v) is 17.2. The number of aromatic amines is 1. The molecule has 0 aliphatic carbocycles. The van der Waals surface area contributed by atoms with Gasteiger partial charge in [-0.1, -0.05) is 17.7 Å². The second-order valence-corrected chi connectivity index (χ2v) is 7.37. The molecule has 0 unspecified atom stereocenters. The number of anilines is 1. The molecule has 1 N–H and O–H groups in total. The summed E-state index contributed by atoms with van der Waals surface area (Å²) >= 11 is 6.39. The summed E-state index contributed by atoms with van der Waals surface area (Å²) in [6.45, 7) is 3.10. The molecule has 3 aromatic heterocycles. The fourth-order valence-corrected chi connectivity index (χ4v) is 4.03. The van der Waals surface area contributed by atoms with Crippen LogP contribution < -0.4 is 9.64 Å². The Morgan fingerprint density at radius 3 is 2.70 bits per heavy atom. The Kier molecular flexibility index (Phi) is 4.98. The van der Waals surface area contributed by atoms with Gasteiger partial charge in [-0.3, -0.25) is 5.10 Å². The van der Waals surface area contributed by atoms with Crippen molar-refractivity contribution >= 4 is 28.3 Å². The highest BCUT2D eigenvalue weighted by Crippen LogP contribution is 2.38. The monoisotopic (exact) mass is 421 g/mol. The molecule has 0 bridgehead atoms. The number of benzene rings is 1. The van der Waals surface area contributed by atoms with Gasteiger partial charge in [-0.05, 0) is 35.9 Å². The van der Waals surface area contributed by atoms with Crippen LogP contribution in [-0.2, 0) is 4.74 Å². The highest BCUT2D eigenvalue weighted by atomic mass is 35.5. The van der Waals surface area contributed by atoms with Gasteiger partial charge < -0.3 is 14.4 Å². The summed E-state index contributed by atoms with van der Waals surface area (Å²) in [6, 6.07) is 11.9. The molecule has 1 aliphatic heterocycles. The predicted octanol–water partition coefficient (Wildman–Crippen LogP) is 4.19. The number of halogens is 1. The molecule has 0 saturated carbocycles. The van der Waals surface area contributed by atoms with Crippen molar-refractivity contribution in [3.8, 4) is 28.1 Å². The Morgan fingerprint density at radius 1 is 1.03 bits per heavy atom. The normalized spacial score (nSPS) is 14.3. The largest absolute Gasteiger partial charge is 0.496 e. The number of nitrogens with zero attached hydrogens (tertiary/aromatic N) is 4. The molecule has 1 saturated heterocycles. The van der Waals surface area contributed by atoms with Crippen molar-refractivity contribution in [2.75, 3.05) is 38.3 Å². The van der Waals surface area contributed by atoms with E-state index in [-0.39, 0.29) is 0 Å². The van der Waals surface area contributed by atoms with Crippen LogP contribution in [0.4, 0.5) is 5.82 Å². The van der Waals surface area contributed by atoms with Gasteiger partial charge >= 0.3 is 0 Å². The molecule has 4 heterocycles.